The molecule has 4 aromatic rings. The first kappa shape index (κ1) is 66.6. The van der Waals surface area contributed by atoms with Crippen molar-refractivity contribution < 1.29 is 58.2 Å². The van der Waals surface area contributed by atoms with Gasteiger partial charge in [-0.05, 0) is 75.1 Å². The molecule has 84 heavy (non-hydrogen) atoms. The highest BCUT2D eigenvalue weighted by molar-refractivity contribution is 7.80. The standard InChI is InChI=1S/C54H76N16O12S2/c55-19-7-6-14-38(52(80)70-21-9-16-43(70)53(81)82)65-51(79)42(28-84)69-49(77)40(23-31-25-61-35-13-5-4-12-33(31)35)67-46(74)36(15-8-20-60-54(57)58)64-48(76)39(22-30-10-2-1-3-11-30)66-50(78)41(24-32-26-59-29-62-32)68-47(75)37(17-18-44(71)72)63-45(73)34(56)27-83/h1-5,10-13,25-26,29,34,36-43,61,83-84H,6-9,14-24,27-28,55-56H2,(H,59,62)(H,63,73)(H,64,76)(H,65,79)(H,66,78)(H,67,74)(H,68,75)(H,69,77)(H,71,72)(H,81,82)(H4,57,58,60)/t34-,36-,37-,38-,39+,40-,41-,42-,43-/m0/s1. The highest BCUT2D eigenvalue weighted by Gasteiger charge is 2.39. The summed E-state index contributed by atoms with van der Waals surface area (Å²) in [5.74, 6) is -9.80. The fourth-order valence-corrected chi connectivity index (χ4v) is 9.77. The number of guanidine groups is 1. The molecule has 2 aromatic carbocycles. The van der Waals surface area contributed by atoms with Gasteiger partial charge in [0, 0.05) is 79.3 Å². The number of carboxylic acids is 2. The van der Waals surface area contributed by atoms with Crippen LogP contribution in [0.2, 0.25) is 0 Å². The lowest BCUT2D eigenvalue weighted by Crippen LogP contribution is -2.61. The van der Waals surface area contributed by atoms with Crippen LogP contribution in [0.3, 0.4) is 0 Å². The first-order valence-electron chi connectivity index (χ1n) is 27.4. The Kier molecular flexibility index (Phi) is 26.8. The molecular weight excluding hydrogens is 1130 g/mol. The smallest absolute Gasteiger partial charge is 0.326 e. The summed E-state index contributed by atoms with van der Waals surface area (Å²) in [5.41, 5.74) is 25.0. The molecule has 5 rings (SSSR count). The molecule has 3 heterocycles. The van der Waals surface area contributed by atoms with Crippen molar-refractivity contribution in [2.75, 3.05) is 31.1 Å². The number of aliphatic imine (C=N–C) groups is 1. The Balaban J connectivity index is 1.45. The number of rotatable bonds is 35. The first-order chi connectivity index (χ1) is 40.2. The Hall–Kier alpha value is -8.22. The quantitative estimate of drug-likeness (QED) is 0.00990. The molecule has 28 nitrogen and oxygen atoms in total. The lowest BCUT2D eigenvalue weighted by atomic mass is 10.0. The minimum atomic E-state index is -1.49. The molecule has 0 saturated carbocycles. The SMILES string of the molecule is NCCCC[C@H](NC(=O)[C@H](CS)NC(=O)[C@H](Cc1c[nH]c2ccccc12)NC(=O)[C@H](CCCN=C(N)N)NC(=O)[C@@H](Cc1ccccc1)NC(=O)[C@H](Cc1cnc[nH]1)NC(=O)[C@H](CCC(=O)O)NC(=O)[C@@H](N)CS)C(=O)N1CCC[C@H]1C(=O)O. The van der Waals surface area contributed by atoms with Gasteiger partial charge in [0.1, 0.15) is 48.3 Å². The van der Waals surface area contributed by atoms with Crippen LogP contribution in [0.1, 0.15) is 74.6 Å². The number of carbonyl (C=O) groups excluding carboxylic acids is 8. The van der Waals surface area contributed by atoms with Crippen LogP contribution in [0, 0.1) is 0 Å². The Morgan fingerprint density at radius 1 is 0.655 bits per heavy atom. The summed E-state index contributed by atoms with van der Waals surface area (Å²) in [6, 6.07) is 3.52. The monoisotopic (exact) mass is 1200 g/mol. The predicted octanol–water partition coefficient (Wildman–Crippen LogP) is -2.38. The molecule has 1 fully saturated rings. The van der Waals surface area contributed by atoms with Crippen molar-refractivity contribution in [1.82, 2.24) is 57.1 Å². The number of amides is 8. The predicted molar refractivity (Wildman–Crippen MR) is 316 cm³/mol. The van der Waals surface area contributed by atoms with Crippen molar-refractivity contribution in [2.45, 2.75) is 131 Å². The zero-order valence-electron chi connectivity index (χ0n) is 46.2. The molecule has 456 valence electrons. The molecule has 2 aromatic heterocycles. The third kappa shape index (κ3) is 20.6. The van der Waals surface area contributed by atoms with Crippen molar-refractivity contribution in [2.24, 2.45) is 27.9 Å². The number of carboxylic acid groups (broad SMARTS) is 2. The molecule has 19 N–H and O–H groups in total. The third-order valence-corrected chi connectivity index (χ3v) is 14.6. The van der Waals surface area contributed by atoms with Gasteiger partial charge in [-0.25, -0.2) is 9.78 Å². The summed E-state index contributed by atoms with van der Waals surface area (Å²) < 4.78 is 0. The van der Waals surface area contributed by atoms with Crippen molar-refractivity contribution in [1.29, 1.82) is 0 Å². The highest BCUT2D eigenvalue weighted by Crippen LogP contribution is 2.22. The lowest BCUT2D eigenvalue weighted by molar-refractivity contribution is -0.149. The van der Waals surface area contributed by atoms with Gasteiger partial charge in [0.2, 0.25) is 47.3 Å². The van der Waals surface area contributed by atoms with E-state index in [4.69, 9.17) is 22.9 Å². The van der Waals surface area contributed by atoms with Crippen LogP contribution < -0.4 is 60.2 Å². The molecule has 0 radical (unpaired) electrons. The summed E-state index contributed by atoms with van der Waals surface area (Å²) >= 11 is 8.40. The number of hydrogen-bond acceptors (Lipinski definition) is 16. The number of thiol groups is 2. The van der Waals surface area contributed by atoms with E-state index >= 15 is 0 Å². The van der Waals surface area contributed by atoms with Gasteiger partial charge in [-0.3, -0.25) is 48.1 Å². The largest absolute Gasteiger partial charge is 0.481 e. The second-order valence-corrected chi connectivity index (χ2v) is 20.9. The van der Waals surface area contributed by atoms with Crippen LogP contribution in [0.5, 0.6) is 0 Å². The van der Waals surface area contributed by atoms with Gasteiger partial charge >= 0.3 is 11.9 Å². The molecule has 30 heteroatoms. The van der Waals surface area contributed by atoms with Crippen LogP contribution in [-0.4, -0.2) is 181 Å². The topological polar surface area (TPSA) is 460 Å². The maximum Gasteiger partial charge on any atom is 0.326 e. The number of fused-ring (bicyclic) bond motifs is 1. The minimum absolute atomic E-state index is 0.00192. The summed E-state index contributed by atoms with van der Waals surface area (Å²) in [6.07, 6.45) is 4.55. The van der Waals surface area contributed by atoms with Crippen molar-refractivity contribution >= 4 is 101 Å². The highest BCUT2D eigenvalue weighted by atomic mass is 32.1. The average Bonchev–Trinajstić information content (AvgIpc) is 4.37. The van der Waals surface area contributed by atoms with Gasteiger partial charge in [-0.1, -0.05) is 48.5 Å². The van der Waals surface area contributed by atoms with E-state index in [1.165, 1.54) is 17.4 Å². The summed E-state index contributed by atoms with van der Waals surface area (Å²) in [4.78, 5) is 152. The molecule has 0 spiro atoms. The summed E-state index contributed by atoms with van der Waals surface area (Å²) in [7, 11) is 0. The molecule has 0 bridgehead atoms. The third-order valence-electron chi connectivity index (χ3n) is 13.8. The first-order valence-corrected chi connectivity index (χ1v) is 28.7. The van der Waals surface area contributed by atoms with Gasteiger partial charge in [0.25, 0.3) is 0 Å². The molecule has 1 aliphatic heterocycles. The number of imidazole rings is 1. The van der Waals surface area contributed by atoms with Crippen LogP contribution >= 0.6 is 25.3 Å². The number of para-hydroxylation sites is 1. The van der Waals surface area contributed by atoms with Crippen LogP contribution in [0.4, 0.5) is 0 Å². The number of unbranched alkanes of at least 4 members (excludes halogenated alkanes) is 1. The number of benzene rings is 2. The Bertz CT molecular complexity index is 2910. The van der Waals surface area contributed by atoms with Crippen molar-refractivity contribution in [3.05, 3.63) is 90.1 Å². The molecule has 8 amide bonds. The fraction of sp³-hybridized carbons (Fsp3) is 0.481. The Morgan fingerprint density at radius 2 is 1.21 bits per heavy atom. The van der Waals surface area contributed by atoms with Gasteiger partial charge in [-0.15, -0.1) is 0 Å². The van der Waals surface area contributed by atoms with E-state index in [9.17, 15) is 58.2 Å². The zero-order chi connectivity index (χ0) is 61.3. The molecule has 1 aliphatic rings. The fourth-order valence-electron chi connectivity index (χ4n) is 9.35. The Labute approximate surface area is 495 Å². The van der Waals surface area contributed by atoms with Crippen LogP contribution in [0.25, 0.3) is 10.9 Å². The van der Waals surface area contributed by atoms with Crippen molar-refractivity contribution in [3.8, 4) is 0 Å². The summed E-state index contributed by atoms with van der Waals surface area (Å²) in [6.45, 7) is 0.466. The van der Waals surface area contributed by atoms with E-state index < -0.39 is 120 Å². The van der Waals surface area contributed by atoms with E-state index in [0.29, 0.717) is 53.5 Å². The second-order valence-electron chi connectivity index (χ2n) is 20.1. The zero-order valence-corrected chi connectivity index (χ0v) is 48.0. The number of nitrogens with two attached hydrogens (primary N) is 4. The van der Waals surface area contributed by atoms with Gasteiger partial charge in [-0.2, -0.15) is 25.3 Å². The van der Waals surface area contributed by atoms with Crippen molar-refractivity contribution in [3.63, 3.8) is 0 Å². The number of aromatic amines is 2. The van der Waals surface area contributed by atoms with Gasteiger partial charge < -0.3 is 85.2 Å². The maximum atomic E-state index is 14.8. The number of aromatic nitrogens is 3. The van der Waals surface area contributed by atoms with E-state index in [2.05, 4.69) is 82.4 Å². The van der Waals surface area contributed by atoms with E-state index in [1.807, 2.05) is 0 Å². The number of H-pyrrole nitrogens is 2. The number of aliphatic carboxylic acids is 2. The van der Waals surface area contributed by atoms with E-state index in [-0.39, 0.29) is 81.9 Å². The normalized spacial score (nSPS) is 15.8. The summed E-state index contributed by atoms with van der Waals surface area (Å²) in [5, 5.41) is 38.5. The molecule has 0 aliphatic carbocycles. The van der Waals surface area contributed by atoms with E-state index in [1.54, 1.807) is 60.8 Å². The van der Waals surface area contributed by atoms with Crippen LogP contribution in [-0.2, 0) is 67.2 Å². The maximum absolute atomic E-state index is 14.8. The Morgan fingerprint density at radius 3 is 1.82 bits per heavy atom. The molecule has 9 atom stereocenters. The average molecular weight is 1210 g/mol. The number of likely N-dealkylation sites (tertiary alicyclic amines) is 1. The second kappa shape index (κ2) is 33.8. The number of nitrogens with one attached hydrogen (secondary N) is 9. The van der Waals surface area contributed by atoms with Crippen LogP contribution in [0.15, 0.2) is 78.3 Å². The molecular formula is C54H76N16O12S2. The number of nitrogens with zero attached hydrogens (tertiary/aromatic N) is 3. The lowest BCUT2D eigenvalue weighted by Gasteiger charge is -2.29. The minimum Gasteiger partial charge on any atom is -0.481 e. The molecule has 0 unspecified atom stereocenters. The van der Waals surface area contributed by atoms with Gasteiger partial charge in [0.15, 0.2) is 5.96 Å². The molecule has 1 saturated heterocycles. The van der Waals surface area contributed by atoms with E-state index in [0.717, 1.165) is 0 Å². The number of carbonyl (C=O) groups is 10. The number of hydrogen-bond donors (Lipinski definition) is 17. The van der Waals surface area contributed by atoms with Gasteiger partial charge in [0.05, 0.1) is 12.4 Å².